The minimum Gasteiger partial charge on any atom is -0.308 e. The number of hydrogen-bond donors (Lipinski definition) is 1. The highest BCUT2D eigenvalue weighted by atomic mass is 32.1. The van der Waals surface area contributed by atoms with Gasteiger partial charge in [-0.2, -0.15) is 0 Å². The van der Waals surface area contributed by atoms with Gasteiger partial charge in [0.2, 0.25) is 0 Å². The molecular formula is C13H24N2S. The van der Waals surface area contributed by atoms with Gasteiger partial charge in [0.15, 0.2) is 0 Å². The summed E-state index contributed by atoms with van der Waals surface area (Å²) in [6.45, 7) is 11.0. The molecule has 1 unspecified atom stereocenters. The van der Waals surface area contributed by atoms with Gasteiger partial charge in [-0.05, 0) is 51.8 Å². The number of likely N-dealkylation sites (N-methyl/N-ethyl adjacent to an activating group) is 1. The molecule has 0 amide bonds. The second kappa shape index (κ2) is 6.38. The molecule has 0 aliphatic heterocycles. The quantitative estimate of drug-likeness (QED) is 0.822. The largest absolute Gasteiger partial charge is 0.308 e. The lowest BCUT2D eigenvalue weighted by atomic mass is 10.2. The second-order valence-electron chi connectivity index (χ2n) is 4.72. The van der Waals surface area contributed by atoms with Crippen molar-refractivity contribution in [2.45, 2.75) is 39.8 Å². The van der Waals surface area contributed by atoms with Crippen molar-refractivity contribution in [1.29, 1.82) is 0 Å². The van der Waals surface area contributed by atoms with Gasteiger partial charge in [0.25, 0.3) is 0 Å². The Hall–Kier alpha value is -0.380. The van der Waals surface area contributed by atoms with Gasteiger partial charge in [-0.1, -0.05) is 0 Å². The zero-order chi connectivity index (χ0) is 12.1. The van der Waals surface area contributed by atoms with Crippen molar-refractivity contribution >= 4 is 11.3 Å². The topological polar surface area (TPSA) is 15.3 Å². The van der Waals surface area contributed by atoms with Gasteiger partial charge < -0.3 is 10.2 Å². The standard InChI is InChI=1S/C13H24N2S/c1-10(2)15(5)8-7-14-12(4)13-11(3)6-9-16-13/h6,9-10,12,14H,7-8H2,1-5H3. The first-order chi connectivity index (χ1) is 7.52. The Morgan fingerprint density at radius 3 is 2.56 bits per heavy atom. The minimum absolute atomic E-state index is 0.473. The predicted octanol–water partition coefficient (Wildman–Crippen LogP) is 3.05. The molecule has 1 N–H and O–H groups in total. The summed E-state index contributed by atoms with van der Waals surface area (Å²) in [5.41, 5.74) is 1.40. The average Bonchev–Trinajstić information content (AvgIpc) is 2.64. The molecule has 0 fully saturated rings. The van der Waals surface area contributed by atoms with E-state index in [1.807, 2.05) is 11.3 Å². The maximum absolute atomic E-state index is 3.58. The molecule has 16 heavy (non-hydrogen) atoms. The van der Waals surface area contributed by atoms with E-state index < -0.39 is 0 Å². The van der Waals surface area contributed by atoms with E-state index in [-0.39, 0.29) is 0 Å². The first-order valence-electron chi connectivity index (χ1n) is 6.00. The maximum Gasteiger partial charge on any atom is 0.0389 e. The van der Waals surface area contributed by atoms with Crippen LogP contribution in [0.3, 0.4) is 0 Å². The molecule has 0 saturated carbocycles. The molecule has 1 rings (SSSR count). The van der Waals surface area contributed by atoms with Crippen LogP contribution in [0.15, 0.2) is 11.4 Å². The molecule has 0 aliphatic carbocycles. The summed E-state index contributed by atoms with van der Waals surface area (Å²) < 4.78 is 0. The van der Waals surface area contributed by atoms with Crippen LogP contribution in [0.5, 0.6) is 0 Å². The van der Waals surface area contributed by atoms with Gasteiger partial charge in [-0.3, -0.25) is 0 Å². The Bertz CT molecular complexity index is 307. The second-order valence-corrected chi connectivity index (χ2v) is 5.67. The average molecular weight is 240 g/mol. The first kappa shape index (κ1) is 13.7. The van der Waals surface area contributed by atoms with Gasteiger partial charge >= 0.3 is 0 Å². The van der Waals surface area contributed by atoms with E-state index in [2.05, 4.69) is 56.4 Å². The first-order valence-corrected chi connectivity index (χ1v) is 6.88. The lowest BCUT2D eigenvalue weighted by molar-refractivity contribution is 0.270. The van der Waals surface area contributed by atoms with Crippen molar-refractivity contribution in [2.75, 3.05) is 20.1 Å². The summed E-state index contributed by atoms with van der Waals surface area (Å²) in [4.78, 5) is 3.83. The molecule has 0 saturated heterocycles. The Morgan fingerprint density at radius 1 is 1.38 bits per heavy atom. The summed E-state index contributed by atoms with van der Waals surface area (Å²) in [6, 6.07) is 3.29. The number of nitrogens with zero attached hydrogens (tertiary/aromatic N) is 1. The van der Waals surface area contributed by atoms with E-state index in [1.54, 1.807) is 0 Å². The predicted molar refractivity (Wildman–Crippen MR) is 73.2 cm³/mol. The van der Waals surface area contributed by atoms with Crippen molar-refractivity contribution in [1.82, 2.24) is 10.2 Å². The summed E-state index contributed by atoms with van der Waals surface area (Å²) in [5.74, 6) is 0. The van der Waals surface area contributed by atoms with Crippen LogP contribution in [0, 0.1) is 6.92 Å². The molecule has 92 valence electrons. The fourth-order valence-corrected chi connectivity index (χ4v) is 2.60. The van der Waals surface area contributed by atoms with E-state index in [0.29, 0.717) is 12.1 Å². The van der Waals surface area contributed by atoms with Crippen molar-refractivity contribution in [3.63, 3.8) is 0 Å². The van der Waals surface area contributed by atoms with E-state index in [4.69, 9.17) is 0 Å². The number of aryl methyl sites for hydroxylation is 1. The monoisotopic (exact) mass is 240 g/mol. The van der Waals surface area contributed by atoms with Crippen molar-refractivity contribution in [3.8, 4) is 0 Å². The van der Waals surface area contributed by atoms with E-state index >= 15 is 0 Å². The van der Waals surface area contributed by atoms with Crippen molar-refractivity contribution in [2.24, 2.45) is 0 Å². The fourth-order valence-electron chi connectivity index (χ4n) is 1.64. The van der Waals surface area contributed by atoms with Crippen molar-refractivity contribution in [3.05, 3.63) is 21.9 Å². The Kier molecular flexibility index (Phi) is 5.46. The van der Waals surface area contributed by atoms with Crippen LogP contribution in [0.2, 0.25) is 0 Å². The van der Waals surface area contributed by atoms with E-state index in [1.165, 1.54) is 10.4 Å². The molecular weight excluding hydrogens is 216 g/mol. The lowest BCUT2D eigenvalue weighted by Crippen LogP contribution is -2.34. The molecule has 0 radical (unpaired) electrons. The molecule has 1 atom stereocenters. The van der Waals surface area contributed by atoms with E-state index in [0.717, 1.165) is 13.1 Å². The SMILES string of the molecule is Cc1ccsc1C(C)NCCN(C)C(C)C. The van der Waals surface area contributed by atoms with Crippen molar-refractivity contribution < 1.29 is 0 Å². The molecule has 1 aromatic heterocycles. The zero-order valence-corrected chi connectivity index (χ0v) is 11.9. The van der Waals surface area contributed by atoms with Crippen LogP contribution >= 0.6 is 11.3 Å². The summed E-state index contributed by atoms with van der Waals surface area (Å²) in [5, 5.41) is 5.75. The normalized spacial score (nSPS) is 13.7. The zero-order valence-electron chi connectivity index (χ0n) is 11.1. The molecule has 2 nitrogen and oxygen atoms in total. The van der Waals surface area contributed by atoms with Crippen LogP contribution in [0.4, 0.5) is 0 Å². The third-order valence-corrected chi connectivity index (χ3v) is 4.29. The molecule has 0 spiro atoms. The third-order valence-electron chi connectivity index (χ3n) is 3.09. The van der Waals surface area contributed by atoms with Crippen LogP contribution < -0.4 is 5.32 Å². The number of nitrogens with one attached hydrogen (secondary N) is 1. The molecule has 1 aromatic rings. The van der Waals surface area contributed by atoms with Crippen LogP contribution in [0.25, 0.3) is 0 Å². The highest BCUT2D eigenvalue weighted by Gasteiger charge is 2.09. The Labute approximate surface area is 104 Å². The highest BCUT2D eigenvalue weighted by molar-refractivity contribution is 7.10. The van der Waals surface area contributed by atoms with Gasteiger partial charge in [-0.25, -0.2) is 0 Å². The Balaban J connectivity index is 2.31. The highest BCUT2D eigenvalue weighted by Crippen LogP contribution is 2.22. The summed E-state index contributed by atoms with van der Waals surface area (Å²) >= 11 is 1.85. The lowest BCUT2D eigenvalue weighted by Gasteiger charge is -2.22. The summed E-state index contributed by atoms with van der Waals surface area (Å²) in [7, 11) is 2.17. The van der Waals surface area contributed by atoms with Gasteiger partial charge in [0.1, 0.15) is 0 Å². The van der Waals surface area contributed by atoms with E-state index in [9.17, 15) is 0 Å². The van der Waals surface area contributed by atoms with Gasteiger partial charge in [0.05, 0.1) is 0 Å². The van der Waals surface area contributed by atoms with Crippen LogP contribution in [-0.2, 0) is 0 Å². The smallest absolute Gasteiger partial charge is 0.0389 e. The maximum atomic E-state index is 3.58. The van der Waals surface area contributed by atoms with Gasteiger partial charge in [0, 0.05) is 30.1 Å². The van der Waals surface area contributed by atoms with Gasteiger partial charge in [-0.15, -0.1) is 11.3 Å². The number of rotatable bonds is 6. The Morgan fingerprint density at radius 2 is 2.06 bits per heavy atom. The molecule has 0 aliphatic rings. The van der Waals surface area contributed by atoms with Crippen LogP contribution in [-0.4, -0.2) is 31.1 Å². The fraction of sp³-hybridized carbons (Fsp3) is 0.692. The molecule has 0 aromatic carbocycles. The third kappa shape index (κ3) is 3.89. The van der Waals surface area contributed by atoms with Crippen LogP contribution in [0.1, 0.15) is 37.3 Å². The molecule has 3 heteroatoms. The number of thiophene rings is 1. The summed E-state index contributed by atoms with van der Waals surface area (Å²) in [6.07, 6.45) is 0. The molecule has 0 bridgehead atoms. The number of hydrogen-bond acceptors (Lipinski definition) is 3. The molecule has 1 heterocycles. The minimum atomic E-state index is 0.473.